The molecule has 4 heteroatoms. The second kappa shape index (κ2) is 4.93. The van der Waals surface area contributed by atoms with Crippen LogP contribution < -0.4 is 0 Å². The van der Waals surface area contributed by atoms with Crippen molar-refractivity contribution < 1.29 is 9.90 Å². The minimum atomic E-state index is -0.880. The van der Waals surface area contributed by atoms with Gasteiger partial charge in [-0.3, -0.25) is 0 Å². The smallest absolute Gasteiger partial charge is 0.337 e. The molecule has 3 unspecified atom stereocenters. The summed E-state index contributed by atoms with van der Waals surface area (Å²) in [5.74, 6) is 0.540. The lowest BCUT2D eigenvalue weighted by molar-refractivity contribution is 0.0698. The van der Waals surface area contributed by atoms with Gasteiger partial charge in [-0.15, -0.1) is 0 Å². The van der Waals surface area contributed by atoms with Crippen molar-refractivity contribution in [2.75, 3.05) is 0 Å². The Morgan fingerprint density at radius 3 is 2.80 bits per heavy atom. The van der Waals surface area contributed by atoms with Gasteiger partial charge >= 0.3 is 5.97 Å². The molecule has 1 aromatic carbocycles. The van der Waals surface area contributed by atoms with Gasteiger partial charge < -0.3 is 9.67 Å². The quantitative estimate of drug-likeness (QED) is 0.906. The summed E-state index contributed by atoms with van der Waals surface area (Å²) in [4.78, 5) is 15.8. The van der Waals surface area contributed by atoms with E-state index in [0.717, 1.165) is 29.8 Å². The predicted molar refractivity (Wildman–Crippen MR) is 77.9 cm³/mol. The normalized spacial score (nSPS) is 26.8. The SMILES string of the molecule is CC1CCC(n2cnc3cccc(C(=O)O)c32)CC1C. The average Bonchev–Trinajstić information content (AvgIpc) is 2.85. The van der Waals surface area contributed by atoms with Crippen LogP contribution in [0.2, 0.25) is 0 Å². The highest BCUT2D eigenvalue weighted by Crippen LogP contribution is 2.37. The molecule has 1 aromatic heterocycles. The van der Waals surface area contributed by atoms with Crippen LogP contribution in [0, 0.1) is 11.8 Å². The van der Waals surface area contributed by atoms with Gasteiger partial charge in [-0.05, 0) is 43.2 Å². The van der Waals surface area contributed by atoms with E-state index in [1.807, 2.05) is 12.4 Å². The molecule has 0 spiro atoms. The van der Waals surface area contributed by atoms with Crippen molar-refractivity contribution in [2.45, 2.75) is 39.2 Å². The number of carboxylic acids is 1. The molecule has 1 heterocycles. The van der Waals surface area contributed by atoms with Crippen LogP contribution in [0.4, 0.5) is 0 Å². The van der Waals surface area contributed by atoms with Crippen molar-refractivity contribution >= 4 is 17.0 Å². The highest BCUT2D eigenvalue weighted by Gasteiger charge is 2.27. The first kappa shape index (κ1) is 13.2. The largest absolute Gasteiger partial charge is 0.478 e. The Kier molecular flexibility index (Phi) is 3.24. The Morgan fingerprint density at radius 2 is 2.10 bits per heavy atom. The molecule has 3 rings (SSSR count). The molecule has 3 atom stereocenters. The van der Waals surface area contributed by atoms with Crippen LogP contribution in [-0.2, 0) is 0 Å². The van der Waals surface area contributed by atoms with Gasteiger partial charge in [0.05, 0.1) is 22.9 Å². The van der Waals surface area contributed by atoms with Crippen LogP contribution in [0.15, 0.2) is 24.5 Å². The summed E-state index contributed by atoms with van der Waals surface area (Å²) in [7, 11) is 0. The lowest BCUT2D eigenvalue weighted by Crippen LogP contribution is -2.23. The zero-order valence-electron chi connectivity index (χ0n) is 11.9. The van der Waals surface area contributed by atoms with Gasteiger partial charge in [0, 0.05) is 6.04 Å². The van der Waals surface area contributed by atoms with Crippen LogP contribution in [0.3, 0.4) is 0 Å². The number of carboxylic acid groups (broad SMARTS) is 1. The lowest BCUT2D eigenvalue weighted by Gasteiger charge is -2.33. The Bertz CT molecular complexity index is 647. The fourth-order valence-electron chi connectivity index (χ4n) is 3.31. The van der Waals surface area contributed by atoms with Gasteiger partial charge in [0.25, 0.3) is 0 Å². The van der Waals surface area contributed by atoms with E-state index in [1.165, 1.54) is 6.42 Å². The number of aromatic nitrogens is 2. The topological polar surface area (TPSA) is 55.1 Å². The molecule has 1 aliphatic carbocycles. The molecule has 1 N–H and O–H groups in total. The molecule has 2 aromatic rings. The number of benzene rings is 1. The third kappa shape index (κ3) is 2.09. The molecule has 106 valence electrons. The number of fused-ring (bicyclic) bond motifs is 1. The van der Waals surface area contributed by atoms with Gasteiger partial charge in [-0.2, -0.15) is 0 Å². The lowest BCUT2D eigenvalue weighted by atomic mass is 9.79. The predicted octanol–water partition coefficient (Wildman–Crippen LogP) is 3.73. The molecule has 0 bridgehead atoms. The third-order valence-electron chi connectivity index (χ3n) is 4.79. The zero-order chi connectivity index (χ0) is 14.3. The highest BCUT2D eigenvalue weighted by molar-refractivity contribution is 6.01. The van der Waals surface area contributed by atoms with Crippen molar-refractivity contribution in [1.82, 2.24) is 9.55 Å². The number of imidazole rings is 1. The molecule has 20 heavy (non-hydrogen) atoms. The van der Waals surface area contributed by atoms with Gasteiger partial charge in [-0.1, -0.05) is 19.9 Å². The summed E-state index contributed by atoms with van der Waals surface area (Å²) in [5, 5.41) is 9.38. The zero-order valence-corrected chi connectivity index (χ0v) is 11.9. The van der Waals surface area contributed by atoms with Gasteiger partial charge in [0.1, 0.15) is 0 Å². The summed E-state index contributed by atoms with van der Waals surface area (Å²) < 4.78 is 2.08. The van der Waals surface area contributed by atoms with Crippen molar-refractivity contribution in [3.8, 4) is 0 Å². The summed E-state index contributed by atoms with van der Waals surface area (Å²) in [5.41, 5.74) is 1.90. The maximum atomic E-state index is 11.4. The number of hydrogen-bond donors (Lipinski definition) is 1. The Hall–Kier alpha value is -1.84. The minimum absolute atomic E-state index is 0.353. The van der Waals surface area contributed by atoms with E-state index >= 15 is 0 Å². The summed E-state index contributed by atoms with van der Waals surface area (Å²) in [6, 6.07) is 5.67. The van der Waals surface area contributed by atoms with Crippen molar-refractivity contribution in [2.24, 2.45) is 11.8 Å². The maximum absolute atomic E-state index is 11.4. The summed E-state index contributed by atoms with van der Waals surface area (Å²) in [6.07, 6.45) is 5.21. The van der Waals surface area contributed by atoms with E-state index in [1.54, 1.807) is 12.1 Å². The number of hydrogen-bond acceptors (Lipinski definition) is 2. The van der Waals surface area contributed by atoms with Crippen LogP contribution in [0.25, 0.3) is 11.0 Å². The molecule has 4 nitrogen and oxygen atoms in total. The molecule has 0 aliphatic heterocycles. The third-order valence-corrected chi connectivity index (χ3v) is 4.79. The first-order valence-electron chi connectivity index (χ1n) is 7.26. The van der Waals surface area contributed by atoms with E-state index < -0.39 is 5.97 Å². The molecule has 0 amide bonds. The van der Waals surface area contributed by atoms with Crippen molar-refractivity contribution in [3.63, 3.8) is 0 Å². The highest BCUT2D eigenvalue weighted by atomic mass is 16.4. The monoisotopic (exact) mass is 272 g/mol. The molecule has 1 saturated carbocycles. The molecule has 0 saturated heterocycles. The van der Waals surface area contributed by atoms with Crippen LogP contribution >= 0.6 is 0 Å². The van der Waals surface area contributed by atoms with Gasteiger partial charge in [0.15, 0.2) is 0 Å². The number of rotatable bonds is 2. The number of para-hydroxylation sites is 1. The molecule has 1 aliphatic rings. The first-order chi connectivity index (χ1) is 9.58. The Balaban J connectivity index is 2.06. The van der Waals surface area contributed by atoms with Crippen molar-refractivity contribution in [1.29, 1.82) is 0 Å². The fourth-order valence-corrected chi connectivity index (χ4v) is 3.31. The average molecular weight is 272 g/mol. The van der Waals surface area contributed by atoms with Crippen LogP contribution in [0.5, 0.6) is 0 Å². The minimum Gasteiger partial charge on any atom is -0.478 e. The van der Waals surface area contributed by atoms with Crippen molar-refractivity contribution in [3.05, 3.63) is 30.1 Å². The summed E-state index contributed by atoms with van der Waals surface area (Å²) >= 11 is 0. The second-order valence-corrected chi connectivity index (χ2v) is 6.05. The van der Waals surface area contributed by atoms with E-state index in [0.29, 0.717) is 17.5 Å². The molecular weight excluding hydrogens is 252 g/mol. The number of nitrogens with zero attached hydrogens (tertiary/aromatic N) is 2. The summed E-state index contributed by atoms with van der Waals surface area (Å²) in [6.45, 7) is 4.59. The van der Waals surface area contributed by atoms with Gasteiger partial charge in [-0.25, -0.2) is 9.78 Å². The van der Waals surface area contributed by atoms with E-state index in [-0.39, 0.29) is 0 Å². The Labute approximate surface area is 118 Å². The second-order valence-electron chi connectivity index (χ2n) is 6.05. The molecule has 1 fully saturated rings. The fraction of sp³-hybridized carbons (Fsp3) is 0.500. The van der Waals surface area contributed by atoms with Gasteiger partial charge in [0.2, 0.25) is 0 Å². The maximum Gasteiger partial charge on any atom is 0.337 e. The van der Waals surface area contributed by atoms with Crippen LogP contribution in [0.1, 0.15) is 49.5 Å². The van der Waals surface area contributed by atoms with E-state index in [9.17, 15) is 9.90 Å². The van der Waals surface area contributed by atoms with E-state index in [2.05, 4.69) is 23.4 Å². The van der Waals surface area contributed by atoms with Crippen LogP contribution in [-0.4, -0.2) is 20.6 Å². The van der Waals surface area contributed by atoms with E-state index in [4.69, 9.17) is 0 Å². The Morgan fingerprint density at radius 1 is 1.30 bits per heavy atom. The number of carbonyl (C=O) groups is 1. The standard InChI is InChI=1S/C16H20N2O2/c1-10-6-7-12(8-11(10)2)18-9-17-14-5-3-4-13(15(14)18)16(19)20/h3-5,9-12H,6-8H2,1-2H3,(H,19,20). The first-order valence-corrected chi connectivity index (χ1v) is 7.26. The molecular formula is C16H20N2O2. The molecule has 0 radical (unpaired) electrons. The number of aromatic carboxylic acids is 1.